The van der Waals surface area contributed by atoms with E-state index in [-0.39, 0.29) is 12.1 Å². The van der Waals surface area contributed by atoms with E-state index < -0.39 is 11.5 Å². The highest BCUT2D eigenvalue weighted by molar-refractivity contribution is 5.75. The topological polar surface area (TPSA) is 59.1 Å². The average Bonchev–Trinajstić information content (AvgIpc) is 3.33. The van der Waals surface area contributed by atoms with Crippen molar-refractivity contribution in [3.8, 4) is 0 Å². The fraction of sp³-hybridized carbons (Fsp3) is 0.762. The molecule has 0 amide bonds. The first-order valence-electron chi connectivity index (χ1n) is 9.67. The van der Waals surface area contributed by atoms with Crippen molar-refractivity contribution in [3.05, 3.63) is 24.3 Å². The number of hydrogen-bond donors (Lipinski definition) is 1. The van der Waals surface area contributed by atoms with Crippen LogP contribution in [0.2, 0.25) is 0 Å². The fourth-order valence-electron chi connectivity index (χ4n) is 2.88. The fourth-order valence-corrected chi connectivity index (χ4v) is 2.88. The largest absolute Gasteiger partial charge is 0.469 e. The summed E-state index contributed by atoms with van der Waals surface area (Å²) in [6.45, 7) is 6.03. The molecule has 1 fully saturated rings. The number of hydrogen-bond acceptors (Lipinski definition) is 4. The lowest BCUT2D eigenvalue weighted by Gasteiger charge is -2.20. The maximum absolute atomic E-state index is 11.6. The van der Waals surface area contributed by atoms with Crippen molar-refractivity contribution >= 4 is 5.97 Å². The van der Waals surface area contributed by atoms with Crippen molar-refractivity contribution in [2.24, 2.45) is 5.41 Å². The van der Waals surface area contributed by atoms with Gasteiger partial charge in [-0.25, -0.2) is 0 Å². The van der Waals surface area contributed by atoms with Gasteiger partial charge in [-0.2, -0.15) is 0 Å². The Bertz CT molecular complexity index is 439. The summed E-state index contributed by atoms with van der Waals surface area (Å²) >= 11 is 0. The second kappa shape index (κ2) is 11.5. The Morgan fingerprint density at radius 1 is 1.24 bits per heavy atom. The predicted octanol–water partition coefficient (Wildman–Crippen LogP) is 4.57. The van der Waals surface area contributed by atoms with Gasteiger partial charge in [-0.1, -0.05) is 56.9 Å². The van der Waals surface area contributed by atoms with Crippen LogP contribution in [0.4, 0.5) is 0 Å². The summed E-state index contributed by atoms with van der Waals surface area (Å²) in [4.78, 5) is 11.6. The zero-order valence-electron chi connectivity index (χ0n) is 16.4. The molecule has 0 aromatic carbocycles. The molecule has 4 heteroatoms. The zero-order chi connectivity index (χ0) is 18.7. The van der Waals surface area contributed by atoms with Crippen molar-refractivity contribution in [3.63, 3.8) is 0 Å². The van der Waals surface area contributed by atoms with E-state index in [2.05, 4.69) is 6.92 Å². The average molecular weight is 353 g/mol. The van der Waals surface area contributed by atoms with Gasteiger partial charge in [0.1, 0.15) is 6.10 Å². The van der Waals surface area contributed by atoms with Crippen molar-refractivity contribution in [1.29, 1.82) is 0 Å². The van der Waals surface area contributed by atoms with Crippen LogP contribution in [0.5, 0.6) is 0 Å². The lowest BCUT2D eigenvalue weighted by molar-refractivity contribution is -0.151. The molecule has 0 aliphatic carbocycles. The molecule has 1 aliphatic rings. The van der Waals surface area contributed by atoms with Crippen LogP contribution < -0.4 is 0 Å². The minimum atomic E-state index is -0.549. The van der Waals surface area contributed by atoms with E-state index in [1.165, 1.54) is 26.4 Å². The smallest absolute Gasteiger partial charge is 0.311 e. The Morgan fingerprint density at radius 3 is 2.68 bits per heavy atom. The molecule has 3 atom stereocenters. The van der Waals surface area contributed by atoms with Crippen LogP contribution in [-0.2, 0) is 14.3 Å². The van der Waals surface area contributed by atoms with Crippen molar-refractivity contribution in [2.45, 2.75) is 90.4 Å². The first kappa shape index (κ1) is 21.9. The molecule has 1 heterocycles. The molecule has 0 aromatic rings. The summed E-state index contributed by atoms with van der Waals surface area (Å²) in [7, 11) is 1.43. The Labute approximate surface area is 153 Å². The lowest BCUT2D eigenvalue weighted by Crippen LogP contribution is -2.25. The standard InChI is InChI=1S/C21H36O4/c1-5-6-9-13-18-19(25-18)15-14-17(22)12-10-7-8-11-16-21(2,3)20(23)24-4/h10,12,14-15,17-19,22H,5-9,11,13,16H2,1-4H3/b12-10-,15-14+. The highest BCUT2D eigenvalue weighted by atomic mass is 16.6. The second-order valence-electron chi connectivity index (χ2n) is 7.56. The summed E-state index contributed by atoms with van der Waals surface area (Å²) in [6, 6.07) is 0. The number of carbonyl (C=O) groups excluding carboxylic acids is 1. The molecule has 1 N–H and O–H groups in total. The van der Waals surface area contributed by atoms with Crippen LogP contribution in [0.1, 0.15) is 72.1 Å². The highest BCUT2D eigenvalue weighted by Crippen LogP contribution is 2.28. The van der Waals surface area contributed by atoms with Crippen LogP contribution in [0.3, 0.4) is 0 Å². The number of epoxide rings is 1. The summed E-state index contributed by atoms with van der Waals surface area (Å²) in [5, 5.41) is 9.93. The molecule has 4 nitrogen and oxygen atoms in total. The minimum Gasteiger partial charge on any atom is -0.469 e. The van der Waals surface area contributed by atoms with Crippen molar-refractivity contribution in [2.75, 3.05) is 7.11 Å². The summed E-state index contributed by atoms with van der Waals surface area (Å²) in [5.41, 5.74) is -0.418. The van der Waals surface area contributed by atoms with Crippen LogP contribution in [-0.4, -0.2) is 36.5 Å². The Kier molecular flexibility index (Phi) is 10.1. The molecule has 3 unspecified atom stereocenters. The molecule has 0 aromatic heterocycles. The van der Waals surface area contributed by atoms with Gasteiger partial charge in [0.05, 0.1) is 24.7 Å². The maximum atomic E-state index is 11.6. The number of allylic oxidation sites excluding steroid dienone is 1. The monoisotopic (exact) mass is 352 g/mol. The number of carbonyl (C=O) groups is 1. The highest BCUT2D eigenvalue weighted by Gasteiger charge is 2.35. The molecule has 0 radical (unpaired) electrons. The Morgan fingerprint density at radius 2 is 2.00 bits per heavy atom. The van der Waals surface area contributed by atoms with Gasteiger partial charge < -0.3 is 14.6 Å². The van der Waals surface area contributed by atoms with Gasteiger partial charge in [-0.3, -0.25) is 4.79 Å². The molecule has 0 spiro atoms. The third-order valence-corrected chi connectivity index (χ3v) is 4.71. The van der Waals surface area contributed by atoms with Crippen LogP contribution in [0.15, 0.2) is 24.3 Å². The van der Waals surface area contributed by atoms with Gasteiger partial charge >= 0.3 is 5.97 Å². The molecular weight excluding hydrogens is 316 g/mol. The molecule has 25 heavy (non-hydrogen) atoms. The Hall–Kier alpha value is -1.13. The number of aliphatic hydroxyl groups excluding tert-OH is 1. The number of unbranched alkanes of at least 4 members (excludes halogenated alkanes) is 4. The molecule has 1 saturated heterocycles. The van der Waals surface area contributed by atoms with Gasteiger partial charge in [0.2, 0.25) is 0 Å². The minimum absolute atomic E-state index is 0.154. The molecule has 1 rings (SSSR count). The SMILES string of the molecule is CCCCCC1OC1/C=C/C(O)/C=C\CCCCC(C)(C)C(=O)OC. The van der Waals surface area contributed by atoms with Crippen LogP contribution in [0.25, 0.3) is 0 Å². The molecule has 0 saturated carbocycles. The first-order chi connectivity index (χ1) is 11.9. The third kappa shape index (κ3) is 9.22. The van der Waals surface area contributed by atoms with Gasteiger partial charge in [-0.05, 0) is 39.5 Å². The van der Waals surface area contributed by atoms with E-state index >= 15 is 0 Å². The zero-order valence-corrected chi connectivity index (χ0v) is 16.4. The molecule has 0 bridgehead atoms. The molecule has 1 aliphatic heterocycles. The van der Waals surface area contributed by atoms with Crippen LogP contribution >= 0.6 is 0 Å². The number of esters is 1. The van der Waals surface area contributed by atoms with E-state index in [1.54, 1.807) is 6.08 Å². The number of aliphatic hydroxyl groups is 1. The van der Waals surface area contributed by atoms with E-state index in [1.807, 2.05) is 32.1 Å². The summed E-state index contributed by atoms with van der Waals surface area (Å²) in [6.07, 6.45) is 16.1. The van der Waals surface area contributed by atoms with Crippen molar-refractivity contribution in [1.82, 2.24) is 0 Å². The van der Waals surface area contributed by atoms with E-state index in [4.69, 9.17) is 9.47 Å². The predicted molar refractivity (Wildman–Crippen MR) is 101 cm³/mol. The first-order valence-corrected chi connectivity index (χ1v) is 9.67. The van der Waals surface area contributed by atoms with Gasteiger partial charge in [0.15, 0.2) is 0 Å². The second-order valence-corrected chi connectivity index (χ2v) is 7.56. The normalized spacial score (nSPS) is 21.8. The maximum Gasteiger partial charge on any atom is 0.311 e. The summed E-state index contributed by atoms with van der Waals surface area (Å²) < 4.78 is 10.4. The number of ether oxygens (including phenoxy) is 2. The summed E-state index contributed by atoms with van der Waals surface area (Å²) in [5.74, 6) is -0.154. The number of methoxy groups -OCH3 is 1. The molecular formula is C21H36O4. The molecule has 144 valence electrons. The quantitative estimate of drug-likeness (QED) is 0.228. The lowest BCUT2D eigenvalue weighted by atomic mass is 9.87. The van der Waals surface area contributed by atoms with Crippen molar-refractivity contribution < 1.29 is 19.4 Å². The van der Waals surface area contributed by atoms with E-state index in [0.717, 1.165) is 32.1 Å². The number of rotatable bonds is 13. The van der Waals surface area contributed by atoms with E-state index in [0.29, 0.717) is 6.10 Å². The third-order valence-electron chi connectivity index (χ3n) is 4.71. The van der Waals surface area contributed by atoms with Gasteiger partial charge in [-0.15, -0.1) is 0 Å². The van der Waals surface area contributed by atoms with Gasteiger partial charge in [0, 0.05) is 0 Å². The van der Waals surface area contributed by atoms with Gasteiger partial charge in [0.25, 0.3) is 0 Å². The Balaban J connectivity index is 2.10. The van der Waals surface area contributed by atoms with Crippen LogP contribution in [0, 0.1) is 5.41 Å². The van der Waals surface area contributed by atoms with E-state index in [9.17, 15) is 9.90 Å².